The molecule has 1 aromatic heterocycles. The molecule has 6 heteroatoms. The second-order valence-electron chi connectivity index (χ2n) is 4.40. The average molecular weight is 311 g/mol. The van der Waals surface area contributed by atoms with Crippen molar-refractivity contribution in [2.24, 2.45) is 0 Å². The van der Waals surface area contributed by atoms with Crippen molar-refractivity contribution in [1.82, 2.24) is 4.98 Å². The van der Waals surface area contributed by atoms with Crippen molar-refractivity contribution in [2.75, 3.05) is 18.0 Å². The smallest absolute Gasteiger partial charge is 0.323 e. The van der Waals surface area contributed by atoms with E-state index in [0.717, 1.165) is 17.8 Å². The fourth-order valence-electron chi connectivity index (χ4n) is 1.92. The molecule has 1 aromatic carbocycles. The lowest BCUT2D eigenvalue weighted by Gasteiger charge is -2.22. The van der Waals surface area contributed by atoms with Crippen LogP contribution in [0.5, 0.6) is 0 Å². The molecule has 0 aliphatic heterocycles. The Balaban J connectivity index is 2.09. The summed E-state index contributed by atoms with van der Waals surface area (Å²) in [5.41, 5.74) is 3.69. The van der Waals surface area contributed by atoms with E-state index >= 15 is 0 Å². The first-order valence-electron chi connectivity index (χ1n) is 6.17. The van der Waals surface area contributed by atoms with Crippen LogP contribution in [0.1, 0.15) is 10.6 Å². The number of anilines is 1. The molecule has 0 amide bonds. The standard InChI is InChI=1S/C14H15ClN2O2S/c1-10-13(20-9-16-10)6-7-17(8-14(18)19)12-4-2-11(15)3-5-12/h2-5,9H,6-8H2,1H3,(H,18,19). The van der Waals surface area contributed by atoms with Crippen LogP contribution >= 0.6 is 22.9 Å². The third-order valence-electron chi connectivity index (χ3n) is 2.97. The molecular weight excluding hydrogens is 296 g/mol. The highest BCUT2D eigenvalue weighted by Crippen LogP contribution is 2.20. The van der Waals surface area contributed by atoms with Gasteiger partial charge in [-0.1, -0.05) is 11.6 Å². The molecule has 106 valence electrons. The Hall–Kier alpha value is -1.59. The first kappa shape index (κ1) is 14.8. The molecule has 0 aliphatic rings. The summed E-state index contributed by atoms with van der Waals surface area (Å²) >= 11 is 7.46. The number of carboxylic acid groups (broad SMARTS) is 1. The van der Waals surface area contributed by atoms with Gasteiger partial charge >= 0.3 is 5.97 Å². The molecule has 0 atom stereocenters. The van der Waals surface area contributed by atoms with Crippen molar-refractivity contribution in [3.63, 3.8) is 0 Å². The molecule has 0 fully saturated rings. The number of thiazole rings is 1. The number of aliphatic carboxylic acids is 1. The van der Waals surface area contributed by atoms with Gasteiger partial charge in [-0.3, -0.25) is 4.79 Å². The van der Waals surface area contributed by atoms with Crippen molar-refractivity contribution >= 4 is 34.6 Å². The molecule has 2 rings (SSSR count). The molecule has 0 bridgehead atoms. The molecule has 20 heavy (non-hydrogen) atoms. The van der Waals surface area contributed by atoms with Crippen molar-refractivity contribution in [3.05, 3.63) is 45.4 Å². The van der Waals surface area contributed by atoms with Crippen LogP contribution in [-0.4, -0.2) is 29.1 Å². The number of benzene rings is 1. The predicted molar refractivity (Wildman–Crippen MR) is 81.9 cm³/mol. The maximum Gasteiger partial charge on any atom is 0.323 e. The molecule has 0 radical (unpaired) electrons. The third-order valence-corrected chi connectivity index (χ3v) is 4.22. The number of hydrogen-bond donors (Lipinski definition) is 1. The molecule has 0 saturated carbocycles. The van der Waals surface area contributed by atoms with E-state index in [2.05, 4.69) is 4.98 Å². The zero-order valence-electron chi connectivity index (χ0n) is 11.0. The quantitative estimate of drug-likeness (QED) is 0.890. The van der Waals surface area contributed by atoms with E-state index in [4.69, 9.17) is 16.7 Å². The predicted octanol–water partition coefficient (Wildman–Crippen LogP) is 3.24. The minimum absolute atomic E-state index is 0.0283. The topological polar surface area (TPSA) is 53.4 Å². The van der Waals surface area contributed by atoms with Crippen LogP contribution in [0.4, 0.5) is 5.69 Å². The van der Waals surface area contributed by atoms with E-state index < -0.39 is 5.97 Å². The molecule has 2 aromatic rings. The maximum atomic E-state index is 11.0. The van der Waals surface area contributed by atoms with E-state index in [1.165, 1.54) is 4.88 Å². The van der Waals surface area contributed by atoms with Crippen LogP contribution in [0.25, 0.3) is 0 Å². The Kier molecular flexibility index (Phi) is 4.98. The minimum atomic E-state index is -0.846. The van der Waals surface area contributed by atoms with Crippen molar-refractivity contribution < 1.29 is 9.90 Å². The number of carboxylic acids is 1. The van der Waals surface area contributed by atoms with Crippen LogP contribution in [0.15, 0.2) is 29.8 Å². The summed E-state index contributed by atoms with van der Waals surface area (Å²) in [5.74, 6) is -0.846. The van der Waals surface area contributed by atoms with Crippen LogP contribution in [0.2, 0.25) is 5.02 Å². The maximum absolute atomic E-state index is 11.0. The number of aromatic nitrogens is 1. The van der Waals surface area contributed by atoms with Crippen molar-refractivity contribution in [3.8, 4) is 0 Å². The summed E-state index contributed by atoms with van der Waals surface area (Å²) < 4.78 is 0. The number of carbonyl (C=O) groups is 1. The highest BCUT2D eigenvalue weighted by molar-refractivity contribution is 7.09. The van der Waals surface area contributed by atoms with Gasteiger partial charge in [0.15, 0.2) is 0 Å². The first-order chi connectivity index (χ1) is 9.56. The number of aryl methyl sites for hydroxylation is 1. The van der Waals surface area contributed by atoms with Gasteiger partial charge in [0.1, 0.15) is 6.54 Å². The van der Waals surface area contributed by atoms with E-state index in [-0.39, 0.29) is 6.54 Å². The van der Waals surface area contributed by atoms with Crippen LogP contribution in [0, 0.1) is 6.92 Å². The Morgan fingerprint density at radius 1 is 1.40 bits per heavy atom. The SMILES string of the molecule is Cc1ncsc1CCN(CC(=O)O)c1ccc(Cl)cc1. The van der Waals surface area contributed by atoms with Crippen molar-refractivity contribution in [2.45, 2.75) is 13.3 Å². The van der Waals surface area contributed by atoms with E-state index in [9.17, 15) is 4.79 Å². The summed E-state index contributed by atoms with van der Waals surface area (Å²) in [7, 11) is 0. The zero-order valence-corrected chi connectivity index (χ0v) is 12.6. The summed E-state index contributed by atoms with van der Waals surface area (Å²) in [5, 5.41) is 9.68. The van der Waals surface area contributed by atoms with E-state index in [1.807, 2.05) is 29.5 Å². The lowest BCUT2D eigenvalue weighted by atomic mass is 10.2. The molecule has 1 N–H and O–H groups in total. The Morgan fingerprint density at radius 2 is 2.10 bits per heavy atom. The van der Waals surface area contributed by atoms with Gasteiger partial charge in [-0.05, 0) is 31.2 Å². The van der Waals surface area contributed by atoms with Gasteiger partial charge in [0.2, 0.25) is 0 Å². The molecule has 0 unspecified atom stereocenters. The molecule has 0 spiro atoms. The number of halogens is 1. The van der Waals surface area contributed by atoms with Gasteiger partial charge in [0.25, 0.3) is 0 Å². The van der Waals surface area contributed by atoms with Crippen LogP contribution in [-0.2, 0) is 11.2 Å². The Labute approximate surface area is 126 Å². The van der Waals surface area contributed by atoms with Gasteiger partial charge < -0.3 is 10.0 Å². The summed E-state index contributed by atoms with van der Waals surface area (Å²) in [6, 6.07) is 7.21. The Bertz CT molecular complexity index is 583. The summed E-state index contributed by atoms with van der Waals surface area (Å²) in [4.78, 5) is 18.2. The van der Waals surface area contributed by atoms with Gasteiger partial charge in [0.05, 0.1) is 11.2 Å². The lowest BCUT2D eigenvalue weighted by molar-refractivity contribution is -0.135. The fourth-order valence-corrected chi connectivity index (χ4v) is 2.81. The average Bonchev–Trinajstić information content (AvgIpc) is 2.81. The first-order valence-corrected chi connectivity index (χ1v) is 7.43. The summed E-state index contributed by atoms with van der Waals surface area (Å²) in [6.07, 6.45) is 0.784. The Morgan fingerprint density at radius 3 is 2.65 bits per heavy atom. The van der Waals surface area contributed by atoms with E-state index in [1.54, 1.807) is 23.5 Å². The van der Waals surface area contributed by atoms with Crippen LogP contribution < -0.4 is 4.90 Å². The zero-order chi connectivity index (χ0) is 14.5. The molecule has 4 nitrogen and oxygen atoms in total. The minimum Gasteiger partial charge on any atom is -0.480 e. The number of rotatable bonds is 6. The molecule has 0 aliphatic carbocycles. The highest BCUT2D eigenvalue weighted by Gasteiger charge is 2.12. The fraction of sp³-hybridized carbons (Fsp3) is 0.286. The van der Waals surface area contributed by atoms with Gasteiger partial charge in [-0.2, -0.15) is 0 Å². The van der Waals surface area contributed by atoms with Gasteiger partial charge in [0, 0.05) is 28.6 Å². The monoisotopic (exact) mass is 310 g/mol. The lowest BCUT2D eigenvalue weighted by Crippen LogP contribution is -2.31. The largest absolute Gasteiger partial charge is 0.480 e. The van der Waals surface area contributed by atoms with Gasteiger partial charge in [-0.15, -0.1) is 11.3 Å². The molecule has 0 saturated heterocycles. The van der Waals surface area contributed by atoms with E-state index in [0.29, 0.717) is 11.6 Å². The van der Waals surface area contributed by atoms with Crippen LogP contribution in [0.3, 0.4) is 0 Å². The van der Waals surface area contributed by atoms with Crippen molar-refractivity contribution in [1.29, 1.82) is 0 Å². The van der Waals surface area contributed by atoms with Gasteiger partial charge in [-0.25, -0.2) is 4.98 Å². The summed E-state index contributed by atoms with van der Waals surface area (Å²) in [6.45, 7) is 2.58. The second-order valence-corrected chi connectivity index (χ2v) is 5.78. The third kappa shape index (κ3) is 3.95. The highest BCUT2D eigenvalue weighted by atomic mass is 35.5. The number of hydrogen-bond acceptors (Lipinski definition) is 4. The number of nitrogens with zero attached hydrogens (tertiary/aromatic N) is 2. The normalized spacial score (nSPS) is 10.5. The second kappa shape index (κ2) is 6.72. The molecule has 1 heterocycles. The molecular formula is C14H15ClN2O2S.